The number of hydrogen-bond acceptors (Lipinski definition) is 7. The molecule has 1 aromatic heterocycles. The van der Waals surface area contributed by atoms with Gasteiger partial charge in [-0.25, -0.2) is 22.8 Å². The van der Waals surface area contributed by atoms with Gasteiger partial charge in [-0.2, -0.15) is 0 Å². The lowest BCUT2D eigenvalue weighted by Crippen LogP contribution is -2.19. The van der Waals surface area contributed by atoms with E-state index in [9.17, 15) is 27.8 Å². The zero-order valence-electron chi connectivity index (χ0n) is 16.9. The number of anilines is 1. The number of rotatable bonds is 10. The van der Waals surface area contributed by atoms with Crippen molar-refractivity contribution in [1.82, 2.24) is 9.97 Å². The molecule has 0 saturated heterocycles. The highest BCUT2D eigenvalue weighted by Gasteiger charge is 2.18. The fraction of sp³-hybridized carbons (Fsp3) is 0.350. The molecule has 4 N–H and O–H groups in total. The molecule has 0 fully saturated rings. The maximum absolute atomic E-state index is 13.4. The molecule has 1 heterocycles. The average Bonchev–Trinajstić information content (AvgIpc) is 2.65. The van der Waals surface area contributed by atoms with Crippen LogP contribution in [-0.2, 0) is 15.7 Å². The second kappa shape index (κ2) is 10.9. The predicted molar refractivity (Wildman–Crippen MR) is 113 cm³/mol. The lowest BCUT2D eigenvalue weighted by Gasteiger charge is -2.16. The lowest BCUT2D eigenvalue weighted by atomic mass is 9.97. The molecule has 2 aromatic rings. The van der Waals surface area contributed by atoms with Crippen LogP contribution in [0, 0.1) is 5.82 Å². The molecule has 0 saturated carbocycles. The van der Waals surface area contributed by atoms with Gasteiger partial charge in [0.25, 0.3) is 0 Å². The molecule has 0 unspecified atom stereocenters. The summed E-state index contributed by atoms with van der Waals surface area (Å²) < 4.78 is 37.8. The molecule has 2 rings (SSSR count). The van der Waals surface area contributed by atoms with Crippen molar-refractivity contribution in [1.29, 1.82) is 0 Å². The molecule has 168 valence electrons. The molecule has 0 aliphatic carbocycles. The van der Waals surface area contributed by atoms with Gasteiger partial charge in [0.2, 0.25) is 16.8 Å². The molecule has 0 spiro atoms. The largest absolute Gasteiger partial charge is 0.481 e. The maximum Gasteiger partial charge on any atom is 0.305 e. The Morgan fingerprint density at radius 2 is 1.84 bits per heavy atom. The van der Waals surface area contributed by atoms with Crippen LogP contribution in [0.4, 0.5) is 10.3 Å². The summed E-state index contributed by atoms with van der Waals surface area (Å²) >= 11 is 0. The first-order valence-corrected chi connectivity index (χ1v) is 10.6. The number of carboxylic acid groups (broad SMARTS) is 1. The number of hydrogen-bond donors (Lipinski definition) is 5. The van der Waals surface area contributed by atoms with Gasteiger partial charge >= 0.3 is 5.97 Å². The van der Waals surface area contributed by atoms with E-state index in [1.807, 2.05) is 13.8 Å². The van der Waals surface area contributed by atoms with Gasteiger partial charge in [0.05, 0.1) is 30.0 Å². The van der Waals surface area contributed by atoms with Gasteiger partial charge in [0.15, 0.2) is 0 Å². The van der Waals surface area contributed by atoms with Crippen LogP contribution in [-0.4, -0.2) is 51.9 Å². The number of nitrogens with zero attached hydrogens (tertiary/aromatic N) is 2. The van der Waals surface area contributed by atoms with Gasteiger partial charge in [-0.3, -0.25) is 9.52 Å². The van der Waals surface area contributed by atoms with Gasteiger partial charge in [-0.05, 0) is 30.2 Å². The fourth-order valence-electron chi connectivity index (χ4n) is 2.90. The maximum atomic E-state index is 13.4. The molecule has 0 aliphatic rings. The molecule has 11 heteroatoms. The summed E-state index contributed by atoms with van der Waals surface area (Å²) in [6, 6.07) is 5.43. The number of thiol groups is 1. The number of aliphatic carboxylic acids is 1. The minimum Gasteiger partial charge on any atom is -0.481 e. The first-order valence-electron chi connectivity index (χ1n) is 9.41. The molecule has 31 heavy (non-hydrogen) atoms. The monoisotopic (exact) mass is 453 g/mol. The van der Waals surface area contributed by atoms with Crippen LogP contribution in [0.3, 0.4) is 0 Å². The Labute approximate surface area is 180 Å². The average molecular weight is 453 g/mol. The molecular formula is C20H24FN3O6S. The lowest BCUT2D eigenvalue weighted by molar-refractivity contribution is -0.139. The number of aliphatic hydroxyl groups is 2. The van der Waals surface area contributed by atoms with Crippen LogP contribution in [0.15, 0.2) is 30.3 Å². The van der Waals surface area contributed by atoms with E-state index in [1.54, 1.807) is 0 Å². The van der Waals surface area contributed by atoms with Crippen molar-refractivity contribution in [3.05, 3.63) is 47.4 Å². The van der Waals surface area contributed by atoms with Crippen molar-refractivity contribution in [3.8, 4) is 11.3 Å². The molecule has 0 aliphatic heterocycles. The third-order valence-electron chi connectivity index (χ3n) is 4.24. The van der Waals surface area contributed by atoms with Crippen molar-refractivity contribution < 1.29 is 32.9 Å². The zero-order chi connectivity index (χ0) is 23.1. The van der Waals surface area contributed by atoms with Gasteiger partial charge in [0.1, 0.15) is 5.82 Å². The van der Waals surface area contributed by atoms with Crippen molar-refractivity contribution in [2.75, 3.05) is 4.72 Å². The Morgan fingerprint density at radius 3 is 2.39 bits per heavy atom. The highest BCUT2D eigenvalue weighted by molar-refractivity contribution is 7.73. The number of carboxylic acids is 1. The fourth-order valence-corrected chi connectivity index (χ4v) is 3.16. The minimum atomic E-state index is -3.01. The van der Waals surface area contributed by atoms with Crippen LogP contribution < -0.4 is 4.72 Å². The van der Waals surface area contributed by atoms with E-state index < -0.39 is 41.3 Å². The summed E-state index contributed by atoms with van der Waals surface area (Å²) in [6.45, 7) is 3.67. The molecule has 1 aromatic carbocycles. The standard InChI is InChI=1S/C20H24FN3O6S/c1-11(2)18-16(8-7-14(25)9-15(26)10-17(27)28)19(12-3-5-13(21)6-4-12)23-20(22-18)24-31(29)30/h3-8,11,14-15,25-26,31H,9-10H2,1-2H3,(H,27,28)(H,22,23,24,29,30)/b8-7+/t14-,15-/m1/s1. The Hall–Kier alpha value is -2.89. The number of aromatic nitrogens is 2. The summed E-state index contributed by atoms with van der Waals surface area (Å²) in [5.41, 5.74) is 1.76. The Bertz CT molecular complexity index is 1020. The highest BCUT2D eigenvalue weighted by atomic mass is 32.2. The summed E-state index contributed by atoms with van der Waals surface area (Å²) in [4.78, 5) is 19.2. The number of benzene rings is 1. The summed E-state index contributed by atoms with van der Waals surface area (Å²) in [5, 5.41) is 28.6. The summed E-state index contributed by atoms with van der Waals surface area (Å²) in [5.74, 6) is -1.95. The Balaban J connectivity index is 2.52. The van der Waals surface area contributed by atoms with E-state index in [2.05, 4.69) is 14.7 Å². The summed E-state index contributed by atoms with van der Waals surface area (Å²) in [7, 11) is -3.01. The van der Waals surface area contributed by atoms with E-state index in [0.717, 1.165) is 0 Å². The molecular weight excluding hydrogens is 429 g/mol. The van der Waals surface area contributed by atoms with Crippen LogP contribution in [0.5, 0.6) is 0 Å². The summed E-state index contributed by atoms with van der Waals surface area (Å²) in [6.07, 6.45) is -0.182. The van der Waals surface area contributed by atoms with E-state index in [-0.39, 0.29) is 18.3 Å². The van der Waals surface area contributed by atoms with E-state index in [1.165, 1.54) is 36.4 Å². The molecule has 0 amide bonds. The number of halogens is 1. The van der Waals surface area contributed by atoms with Crippen LogP contribution >= 0.6 is 0 Å². The van der Waals surface area contributed by atoms with Gasteiger partial charge in [0, 0.05) is 17.5 Å². The smallest absolute Gasteiger partial charge is 0.305 e. The SMILES string of the molecule is CC(C)c1nc(N[SH](=O)=O)nc(-c2ccc(F)cc2)c1/C=C/[C@@H](O)C[C@@H](O)CC(=O)O. The third-order valence-corrected chi connectivity index (χ3v) is 4.62. The second-order valence-electron chi connectivity index (χ2n) is 7.14. The molecule has 9 nitrogen and oxygen atoms in total. The van der Waals surface area contributed by atoms with E-state index >= 15 is 0 Å². The third kappa shape index (κ3) is 7.39. The van der Waals surface area contributed by atoms with E-state index in [4.69, 9.17) is 5.11 Å². The van der Waals surface area contributed by atoms with Gasteiger partial charge < -0.3 is 15.3 Å². The van der Waals surface area contributed by atoms with Crippen LogP contribution in [0.25, 0.3) is 17.3 Å². The van der Waals surface area contributed by atoms with Crippen molar-refractivity contribution in [2.45, 2.75) is 44.8 Å². The van der Waals surface area contributed by atoms with Crippen LogP contribution in [0.2, 0.25) is 0 Å². The van der Waals surface area contributed by atoms with Crippen LogP contribution in [0.1, 0.15) is 43.9 Å². The van der Waals surface area contributed by atoms with E-state index in [0.29, 0.717) is 22.5 Å². The number of aliphatic hydroxyl groups excluding tert-OH is 2. The Kier molecular flexibility index (Phi) is 8.60. The molecule has 0 radical (unpaired) electrons. The minimum absolute atomic E-state index is 0.145. The van der Waals surface area contributed by atoms with Crippen molar-refractivity contribution in [3.63, 3.8) is 0 Å². The molecule has 2 atom stereocenters. The second-order valence-corrected chi connectivity index (χ2v) is 7.88. The van der Waals surface area contributed by atoms with Crippen molar-refractivity contribution >= 4 is 28.9 Å². The normalized spacial score (nSPS) is 13.6. The number of nitrogens with one attached hydrogen (secondary N) is 1. The number of carbonyl (C=O) groups is 1. The quantitative estimate of drug-likeness (QED) is 0.343. The zero-order valence-corrected chi connectivity index (χ0v) is 17.8. The Morgan fingerprint density at radius 1 is 1.19 bits per heavy atom. The van der Waals surface area contributed by atoms with Gasteiger partial charge in [-0.1, -0.05) is 26.0 Å². The first-order chi connectivity index (χ1) is 14.6. The first kappa shape index (κ1) is 24.4. The molecule has 0 bridgehead atoms. The van der Waals surface area contributed by atoms with Gasteiger partial charge in [-0.15, -0.1) is 0 Å². The predicted octanol–water partition coefficient (Wildman–Crippen LogP) is 1.94. The van der Waals surface area contributed by atoms with Crippen molar-refractivity contribution in [2.24, 2.45) is 0 Å². The topological polar surface area (TPSA) is 150 Å². The highest BCUT2D eigenvalue weighted by Crippen LogP contribution is 2.30.